The van der Waals surface area contributed by atoms with Crippen molar-refractivity contribution < 1.29 is 13.6 Å². The van der Waals surface area contributed by atoms with Crippen LogP contribution in [0.4, 0.5) is 8.78 Å². The van der Waals surface area contributed by atoms with Crippen LogP contribution in [-0.4, -0.2) is 12.0 Å². The van der Waals surface area contributed by atoms with Crippen LogP contribution < -0.4 is 0 Å². The number of rotatable bonds is 3. The number of hydrogen-bond acceptors (Lipinski definition) is 2. The van der Waals surface area contributed by atoms with Gasteiger partial charge in [0, 0.05) is 10.5 Å². The average Bonchev–Trinajstić information content (AvgIpc) is 2.43. The van der Waals surface area contributed by atoms with Gasteiger partial charge in [0.15, 0.2) is 5.78 Å². The van der Waals surface area contributed by atoms with Crippen LogP contribution in [0, 0.1) is 18.6 Å². The largest absolute Gasteiger partial charge is 0.288 e. The minimum absolute atomic E-state index is 0.256. The second-order valence-corrected chi connectivity index (χ2v) is 4.93. The summed E-state index contributed by atoms with van der Waals surface area (Å²) in [5.41, 5.74) is 0.0892. The molecule has 1 nitrogen and oxygen atoms in total. The highest BCUT2D eigenvalue weighted by Gasteiger charge is 2.22. The second-order valence-electron chi connectivity index (χ2n) is 4.08. The summed E-state index contributed by atoms with van der Waals surface area (Å²) in [6, 6.07) is 9.23. The maximum absolute atomic E-state index is 14.0. The van der Waals surface area contributed by atoms with E-state index in [9.17, 15) is 13.6 Å². The summed E-state index contributed by atoms with van der Waals surface area (Å²) in [4.78, 5) is 13.0. The van der Waals surface area contributed by atoms with Crippen LogP contribution in [0.15, 0.2) is 41.3 Å². The monoisotopic (exact) mass is 278 g/mol. The van der Waals surface area contributed by atoms with E-state index in [0.29, 0.717) is 10.5 Å². The molecule has 0 saturated heterocycles. The van der Waals surface area contributed by atoms with E-state index in [1.807, 2.05) is 6.26 Å². The number of carbonyl (C=O) groups excluding carboxylic acids is 1. The molecule has 2 aromatic rings. The number of halogens is 2. The van der Waals surface area contributed by atoms with E-state index in [4.69, 9.17) is 0 Å². The molecule has 2 aromatic carbocycles. The van der Waals surface area contributed by atoms with Gasteiger partial charge in [0.05, 0.1) is 5.56 Å². The molecular formula is C15H12F2OS. The summed E-state index contributed by atoms with van der Waals surface area (Å²) >= 11 is 1.37. The first-order valence-corrected chi connectivity index (χ1v) is 6.91. The van der Waals surface area contributed by atoms with Crippen LogP contribution in [0.3, 0.4) is 0 Å². The molecule has 0 atom stereocenters. The highest BCUT2D eigenvalue weighted by Crippen LogP contribution is 2.25. The van der Waals surface area contributed by atoms with Crippen molar-refractivity contribution in [3.05, 3.63) is 64.7 Å². The fraction of sp³-hybridized carbons (Fsp3) is 0.133. The Kier molecular flexibility index (Phi) is 4.00. The van der Waals surface area contributed by atoms with Gasteiger partial charge in [0.2, 0.25) is 0 Å². The molecule has 0 saturated carbocycles. The van der Waals surface area contributed by atoms with Gasteiger partial charge in [-0.05, 0) is 36.9 Å². The quantitative estimate of drug-likeness (QED) is 0.617. The Hall–Kier alpha value is -1.68. The fourth-order valence-corrected chi connectivity index (χ4v) is 2.43. The van der Waals surface area contributed by atoms with E-state index in [-0.39, 0.29) is 5.56 Å². The molecule has 0 aromatic heterocycles. The predicted molar refractivity (Wildman–Crippen MR) is 72.8 cm³/mol. The first kappa shape index (κ1) is 13.7. The zero-order valence-corrected chi connectivity index (χ0v) is 11.4. The number of aryl methyl sites for hydroxylation is 1. The molecule has 0 bridgehead atoms. The van der Waals surface area contributed by atoms with Crippen molar-refractivity contribution in [2.45, 2.75) is 11.8 Å². The number of thioether (sulfide) groups is 1. The van der Waals surface area contributed by atoms with Crippen LogP contribution in [0.2, 0.25) is 0 Å². The van der Waals surface area contributed by atoms with E-state index in [0.717, 1.165) is 6.07 Å². The van der Waals surface area contributed by atoms with Crippen molar-refractivity contribution in [3.8, 4) is 0 Å². The zero-order chi connectivity index (χ0) is 14.0. The first-order chi connectivity index (χ1) is 9.06. The summed E-state index contributed by atoms with van der Waals surface area (Å²) in [6.07, 6.45) is 1.81. The maximum Gasteiger partial charge on any atom is 0.200 e. The topological polar surface area (TPSA) is 17.1 Å². The second kappa shape index (κ2) is 5.53. The van der Waals surface area contributed by atoms with Crippen molar-refractivity contribution in [3.63, 3.8) is 0 Å². The Morgan fingerprint density at radius 2 is 1.79 bits per heavy atom. The third-order valence-corrected chi connectivity index (χ3v) is 3.66. The van der Waals surface area contributed by atoms with E-state index in [2.05, 4.69) is 0 Å². The van der Waals surface area contributed by atoms with Gasteiger partial charge >= 0.3 is 0 Å². The van der Waals surface area contributed by atoms with Crippen LogP contribution in [0.25, 0.3) is 0 Å². The van der Waals surface area contributed by atoms with E-state index in [1.165, 1.54) is 24.8 Å². The van der Waals surface area contributed by atoms with Crippen molar-refractivity contribution in [2.24, 2.45) is 0 Å². The molecule has 0 unspecified atom stereocenters. The number of carbonyl (C=O) groups is 1. The van der Waals surface area contributed by atoms with Gasteiger partial charge in [-0.2, -0.15) is 0 Å². The van der Waals surface area contributed by atoms with Gasteiger partial charge in [0.25, 0.3) is 0 Å². The van der Waals surface area contributed by atoms with Gasteiger partial charge in [-0.25, -0.2) is 8.78 Å². The SMILES string of the molecule is CSc1ccccc1C(=O)c1c(F)ccc(C)c1F. The normalized spacial score (nSPS) is 10.5. The lowest BCUT2D eigenvalue weighted by Crippen LogP contribution is -2.09. The first-order valence-electron chi connectivity index (χ1n) is 5.68. The number of benzene rings is 2. The third kappa shape index (κ3) is 2.54. The van der Waals surface area contributed by atoms with Crippen LogP contribution in [0.1, 0.15) is 21.5 Å². The highest BCUT2D eigenvalue weighted by molar-refractivity contribution is 7.98. The summed E-state index contributed by atoms with van der Waals surface area (Å²) in [5, 5.41) is 0. The molecule has 0 radical (unpaired) electrons. The standard InChI is InChI=1S/C15H12F2OS/c1-9-7-8-11(16)13(14(9)17)15(18)10-5-3-4-6-12(10)19-2/h3-8H,1-2H3. The Balaban J connectivity index is 2.60. The molecule has 0 spiro atoms. The maximum atomic E-state index is 14.0. The van der Waals surface area contributed by atoms with Gasteiger partial charge in [-0.1, -0.05) is 18.2 Å². The lowest BCUT2D eigenvalue weighted by Gasteiger charge is -2.09. The van der Waals surface area contributed by atoms with Crippen molar-refractivity contribution in [2.75, 3.05) is 6.26 Å². The molecular weight excluding hydrogens is 266 g/mol. The van der Waals surface area contributed by atoms with Crippen LogP contribution >= 0.6 is 11.8 Å². The van der Waals surface area contributed by atoms with Gasteiger partial charge in [-0.15, -0.1) is 11.8 Å². The Morgan fingerprint density at radius 3 is 2.47 bits per heavy atom. The Morgan fingerprint density at radius 1 is 1.11 bits per heavy atom. The average molecular weight is 278 g/mol. The summed E-state index contributed by atoms with van der Waals surface area (Å²) in [5.74, 6) is -2.24. The molecule has 0 amide bonds. The third-order valence-electron chi connectivity index (χ3n) is 2.86. The van der Waals surface area contributed by atoms with Gasteiger partial charge < -0.3 is 0 Å². The Bertz CT molecular complexity index is 638. The summed E-state index contributed by atoms with van der Waals surface area (Å²) < 4.78 is 27.7. The minimum Gasteiger partial charge on any atom is -0.288 e. The summed E-state index contributed by atoms with van der Waals surface area (Å²) in [7, 11) is 0. The van der Waals surface area contributed by atoms with Crippen molar-refractivity contribution in [1.82, 2.24) is 0 Å². The summed E-state index contributed by atoms with van der Waals surface area (Å²) in [6.45, 7) is 1.51. The molecule has 0 aliphatic heterocycles. The van der Waals surface area contributed by atoms with E-state index >= 15 is 0 Å². The molecule has 0 aliphatic carbocycles. The molecule has 19 heavy (non-hydrogen) atoms. The molecule has 2 rings (SSSR count). The number of ketones is 1. The van der Waals surface area contributed by atoms with Gasteiger partial charge in [0.1, 0.15) is 11.6 Å². The van der Waals surface area contributed by atoms with Crippen LogP contribution in [0.5, 0.6) is 0 Å². The van der Waals surface area contributed by atoms with Crippen molar-refractivity contribution >= 4 is 17.5 Å². The smallest absolute Gasteiger partial charge is 0.200 e. The predicted octanol–water partition coefficient (Wildman–Crippen LogP) is 4.23. The lowest BCUT2D eigenvalue weighted by molar-refractivity contribution is 0.102. The molecule has 98 valence electrons. The minimum atomic E-state index is -0.830. The molecule has 0 N–H and O–H groups in total. The molecule has 0 fully saturated rings. The van der Waals surface area contributed by atoms with Gasteiger partial charge in [-0.3, -0.25) is 4.79 Å². The van der Waals surface area contributed by atoms with E-state index in [1.54, 1.807) is 24.3 Å². The van der Waals surface area contributed by atoms with Crippen molar-refractivity contribution in [1.29, 1.82) is 0 Å². The Labute approximate surface area is 114 Å². The lowest BCUT2D eigenvalue weighted by atomic mass is 10.00. The molecule has 0 heterocycles. The zero-order valence-electron chi connectivity index (χ0n) is 10.5. The van der Waals surface area contributed by atoms with E-state index < -0.39 is 23.0 Å². The number of hydrogen-bond donors (Lipinski definition) is 0. The van der Waals surface area contributed by atoms with Crippen LogP contribution in [-0.2, 0) is 0 Å². The fourth-order valence-electron chi connectivity index (χ4n) is 1.83. The molecule has 0 aliphatic rings. The molecule has 4 heteroatoms. The highest BCUT2D eigenvalue weighted by atomic mass is 32.2.